The smallest absolute Gasteiger partial charge is 0.276 e. The normalized spacial score (nSPS) is 11.5. The second kappa shape index (κ2) is 9.29. The van der Waals surface area contributed by atoms with Crippen molar-refractivity contribution in [1.82, 2.24) is 10.9 Å². The van der Waals surface area contributed by atoms with Gasteiger partial charge in [-0.3, -0.25) is 20.4 Å². The zero-order valence-corrected chi connectivity index (χ0v) is 16.3. The third-order valence-electron chi connectivity index (χ3n) is 3.78. The molecule has 2 N–H and O–H groups in total. The summed E-state index contributed by atoms with van der Waals surface area (Å²) >= 11 is 1.43. The summed E-state index contributed by atoms with van der Waals surface area (Å²) in [5, 5.41) is -0.336. The van der Waals surface area contributed by atoms with Crippen molar-refractivity contribution in [3.05, 3.63) is 59.2 Å². The molecule has 0 aliphatic rings. The highest BCUT2D eigenvalue weighted by Crippen LogP contribution is 2.23. The highest BCUT2D eigenvalue weighted by molar-refractivity contribution is 8.00. The van der Waals surface area contributed by atoms with E-state index in [1.54, 1.807) is 6.92 Å². The van der Waals surface area contributed by atoms with Crippen LogP contribution in [0.25, 0.3) is 0 Å². The molecule has 0 bridgehead atoms. The maximum atomic E-state index is 12.1. The number of aryl methyl sites for hydroxylation is 3. The van der Waals surface area contributed by atoms with Crippen molar-refractivity contribution < 1.29 is 14.3 Å². The lowest BCUT2D eigenvalue weighted by Crippen LogP contribution is -2.46. The van der Waals surface area contributed by atoms with Crippen molar-refractivity contribution in [1.29, 1.82) is 0 Å². The van der Waals surface area contributed by atoms with E-state index in [1.165, 1.54) is 17.3 Å². The molecule has 0 radical (unpaired) electrons. The van der Waals surface area contributed by atoms with Gasteiger partial charge >= 0.3 is 0 Å². The van der Waals surface area contributed by atoms with Crippen LogP contribution in [0.1, 0.15) is 23.6 Å². The van der Waals surface area contributed by atoms with E-state index in [2.05, 4.69) is 10.9 Å². The van der Waals surface area contributed by atoms with E-state index in [0.29, 0.717) is 5.75 Å². The minimum atomic E-state index is -0.409. The second-order valence-electron chi connectivity index (χ2n) is 6.12. The highest BCUT2D eigenvalue weighted by Gasteiger charge is 2.15. The Hall–Kier alpha value is -2.47. The van der Waals surface area contributed by atoms with Gasteiger partial charge in [-0.1, -0.05) is 35.9 Å². The quantitative estimate of drug-likeness (QED) is 0.603. The fourth-order valence-electron chi connectivity index (χ4n) is 2.31. The van der Waals surface area contributed by atoms with Gasteiger partial charge < -0.3 is 4.74 Å². The number of thioether (sulfide) groups is 1. The van der Waals surface area contributed by atoms with Crippen molar-refractivity contribution >= 4 is 23.6 Å². The Bertz CT molecular complexity index is 755. The summed E-state index contributed by atoms with van der Waals surface area (Å²) in [6, 6.07) is 13.7. The van der Waals surface area contributed by atoms with Crippen LogP contribution < -0.4 is 15.6 Å². The van der Waals surface area contributed by atoms with Crippen LogP contribution in [0, 0.1) is 20.8 Å². The monoisotopic (exact) mass is 372 g/mol. The van der Waals surface area contributed by atoms with Gasteiger partial charge in [0, 0.05) is 4.90 Å². The number of ether oxygens (including phenoxy) is 1. The summed E-state index contributed by atoms with van der Waals surface area (Å²) in [5.41, 5.74) is 7.93. The van der Waals surface area contributed by atoms with E-state index in [4.69, 9.17) is 4.74 Å². The molecule has 0 saturated carbocycles. The SMILES string of the molecule is Cc1ccc(S[C@@H](C)C(=O)NNC(=O)COc2c(C)cccc2C)cc1. The van der Waals surface area contributed by atoms with Crippen molar-refractivity contribution in [3.63, 3.8) is 0 Å². The average molecular weight is 372 g/mol. The van der Waals surface area contributed by atoms with Gasteiger partial charge in [-0.2, -0.15) is 0 Å². The van der Waals surface area contributed by atoms with Crippen LogP contribution in [-0.2, 0) is 9.59 Å². The number of hydrazine groups is 1. The molecule has 0 saturated heterocycles. The summed E-state index contributed by atoms with van der Waals surface area (Å²) in [4.78, 5) is 25.0. The molecule has 26 heavy (non-hydrogen) atoms. The Morgan fingerprint density at radius 3 is 2.23 bits per heavy atom. The Kier molecular flexibility index (Phi) is 7.09. The number of amides is 2. The van der Waals surface area contributed by atoms with E-state index >= 15 is 0 Å². The minimum absolute atomic E-state index is 0.161. The number of benzene rings is 2. The first kappa shape index (κ1) is 19.8. The van der Waals surface area contributed by atoms with Gasteiger partial charge in [0.05, 0.1) is 5.25 Å². The maximum Gasteiger partial charge on any atom is 0.276 e. The molecule has 2 aromatic rings. The van der Waals surface area contributed by atoms with Crippen LogP contribution in [0.3, 0.4) is 0 Å². The Morgan fingerprint density at radius 1 is 1.00 bits per heavy atom. The van der Waals surface area contributed by atoms with Gasteiger partial charge in [-0.25, -0.2) is 0 Å². The predicted octanol–water partition coefficient (Wildman–Crippen LogP) is 3.32. The lowest BCUT2D eigenvalue weighted by molar-refractivity contribution is -0.129. The van der Waals surface area contributed by atoms with Crippen molar-refractivity contribution in [2.75, 3.05) is 6.61 Å². The van der Waals surface area contributed by atoms with Gasteiger partial charge in [-0.05, 0) is 51.0 Å². The maximum absolute atomic E-state index is 12.1. The summed E-state index contributed by atoms with van der Waals surface area (Å²) < 4.78 is 5.56. The Balaban J connectivity index is 1.77. The summed E-state index contributed by atoms with van der Waals surface area (Å²) in [5.74, 6) is 0.0156. The van der Waals surface area contributed by atoms with E-state index in [0.717, 1.165) is 16.0 Å². The molecule has 0 heterocycles. The number of nitrogens with one attached hydrogen (secondary N) is 2. The summed E-state index contributed by atoms with van der Waals surface area (Å²) in [6.07, 6.45) is 0. The first-order chi connectivity index (χ1) is 12.4. The molecule has 5 nitrogen and oxygen atoms in total. The van der Waals surface area contributed by atoms with Crippen LogP contribution >= 0.6 is 11.8 Å². The van der Waals surface area contributed by atoms with E-state index in [1.807, 2.05) is 63.2 Å². The van der Waals surface area contributed by atoms with Gasteiger partial charge in [-0.15, -0.1) is 11.8 Å². The molecule has 2 amide bonds. The topological polar surface area (TPSA) is 67.4 Å². The molecule has 0 spiro atoms. The van der Waals surface area contributed by atoms with Crippen LogP contribution in [-0.4, -0.2) is 23.7 Å². The molecular weight excluding hydrogens is 348 g/mol. The van der Waals surface area contributed by atoms with Gasteiger partial charge in [0.25, 0.3) is 11.8 Å². The predicted molar refractivity (Wildman–Crippen MR) is 104 cm³/mol. The number of hydrogen-bond donors (Lipinski definition) is 2. The third kappa shape index (κ3) is 5.81. The molecule has 0 unspecified atom stereocenters. The Morgan fingerprint density at radius 2 is 1.62 bits per heavy atom. The zero-order chi connectivity index (χ0) is 19.1. The van der Waals surface area contributed by atoms with E-state index in [9.17, 15) is 9.59 Å². The lowest BCUT2D eigenvalue weighted by atomic mass is 10.1. The van der Waals surface area contributed by atoms with Crippen molar-refractivity contribution in [2.45, 2.75) is 37.8 Å². The van der Waals surface area contributed by atoms with Gasteiger partial charge in [0.1, 0.15) is 5.75 Å². The molecule has 6 heteroatoms. The fraction of sp³-hybridized carbons (Fsp3) is 0.300. The second-order valence-corrected chi connectivity index (χ2v) is 7.53. The Labute approximate surface area is 158 Å². The molecule has 0 fully saturated rings. The molecule has 0 aliphatic heterocycles. The molecule has 2 rings (SSSR count). The number of para-hydroxylation sites is 1. The third-order valence-corrected chi connectivity index (χ3v) is 4.90. The standard InChI is InChI=1S/C20H24N2O3S/c1-13-8-10-17(11-9-13)26-16(4)20(24)22-21-18(23)12-25-19-14(2)6-5-7-15(19)3/h5-11,16H,12H2,1-4H3,(H,21,23)(H,22,24)/t16-/m0/s1. The van der Waals surface area contributed by atoms with Crippen LogP contribution in [0.4, 0.5) is 0 Å². The molecule has 138 valence electrons. The lowest BCUT2D eigenvalue weighted by Gasteiger charge is -2.14. The summed E-state index contributed by atoms with van der Waals surface area (Å²) in [7, 11) is 0. The first-order valence-corrected chi connectivity index (χ1v) is 9.26. The highest BCUT2D eigenvalue weighted by atomic mass is 32.2. The molecule has 0 aromatic heterocycles. The van der Waals surface area contributed by atoms with Gasteiger partial charge in [0.2, 0.25) is 0 Å². The van der Waals surface area contributed by atoms with Crippen molar-refractivity contribution in [2.24, 2.45) is 0 Å². The number of carbonyl (C=O) groups is 2. The molecule has 2 aromatic carbocycles. The number of carbonyl (C=O) groups excluding carboxylic acids is 2. The van der Waals surface area contributed by atoms with Crippen LogP contribution in [0.15, 0.2) is 47.4 Å². The first-order valence-electron chi connectivity index (χ1n) is 8.38. The molecule has 1 atom stereocenters. The van der Waals surface area contributed by atoms with Crippen LogP contribution in [0.2, 0.25) is 0 Å². The minimum Gasteiger partial charge on any atom is -0.483 e. The summed E-state index contributed by atoms with van der Waals surface area (Å²) in [6.45, 7) is 7.49. The van der Waals surface area contributed by atoms with E-state index < -0.39 is 5.91 Å². The largest absolute Gasteiger partial charge is 0.483 e. The fourth-order valence-corrected chi connectivity index (χ4v) is 3.18. The number of hydrogen-bond acceptors (Lipinski definition) is 4. The average Bonchev–Trinajstić information content (AvgIpc) is 2.61. The number of rotatable bonds is 6. The molecular formula is C20H24N2O3S. The molecule has 0 aliphatic carbocycles. The van der Waals surface area contributed by atoms with Crippen molar-refractivity contribution in [3.8, 4) is 5.75 Å². The van der Waals surface area contributed by atoms with Gasteiger partial charge in [0.15, 0.2) is 6.61 Å². The van der Waals surface area contributed by atoms with Crippen LogP contribution in [0.5, 0.6) is 5.75 Å². The zero-order valence-electron chi connectivity index (χ0n) is 15.5. The van der Waals surface area contributed by atoms with E-state index in [-0.39, 0.29) is 17.8 Å².